The summed E-state index contributed by atoms with van der Waals surface area (Å²) < 4.78 is 77.1. The molecule has 2 aromatic rings. The minimum Gasteiger partial charge on any atom is -0.504 e. The molecule has 2 nitrogen and oxygen atoms in total. The average Bonchev–Trinajstić information content (AvgIpc) is 2.39. The minimum atomic E-state index is -4.95. The predicted molar refractivity (Wildman–Crippen MR) is 65.2 cm³/mol. The van der Waals surface area contributed by atoms with Crippen molar-refractivity contribution < 1.29 is 36.2 Å². The molecular weight excluding hydrogens is 314 g/mol. The summed E-state index contributed by atoms with van der Waals surface area (Å²) in [7, 11) is 0. The number of hydrogen-bond acceptors (Lipinski definition) is 2. The van der Waals surface area contributed by atoms with Crippen LogP contribution in [0.5, 0.6) is 11.5 Å². The lowest BCUT2D eigenvalue weighted by molar-refractivity contribution is -0.275. The molecule has 0 amide bonds. The van der Waals surface area contributed by atoms with E-state index in [1.807, 2.05) is 0 Å². The average molecular weight is 322 g/mol. The molecule has 0 saturated carbocycles. The molecule has 2 rings (SSSR count). The smallest absolute Gasteiger partial charge is 0.504 e. The molecule has 1 N–H and O–H groups in total. The van der Waals surface area contributed by atoms with E-state index in [9.17, 15) is 31.4 Å². The van der Waals surface area contributed by atoms with E-state index < -0.39 is 29.6 Å². The van der Waals surface area contributed by atoms with Crippen LogP contribution in [0.4, 0.5) is 26.3 Å². The Kier molecular flexibility index (Phi) is 3.95. The minimum absolute atomic E-state index is 0.251. The van der Waals surface area contributed by atoms with Crippen molar-refractivity contribution in [3.8, 4) is 22.6 Å². The Hall–Kier alpha value is -2.38. The molecule has 0 aliphatic heterocycles. The molecule has 0 radical (unpaired) electrons. The zero-order chi connectivity index (χ0) is 16.5. The van der Waals surface area contributed by atoms with Crippen LogP contribution in [0.25, 0.3) is 11.1 Å². The predicted octanol–water partition coefficient (Wildman–Crippen LogP) is 4.98. The maximum atomic E-state index is 12.4. The van der Waals surface area contributed by atoms with Crippen molar-refractivity contribution in [2.45, 2.75) is 12.5 Å². The van der Waals surface area contributed by atoms with Gasteiger partial charge in [-0.3, -0.25) is 0 Å². The van der Waals surface area contributed by atoms with Crippen LogP contribution in [0.2, 0.25) is 0 Å². The Morgan fingerprint density at radius 2 is 1.32 bits per heavy atom. The highest BCUT2D eigenvalue weighted by Crippen LogP contribution is 2.36. The van der Waals surface area contributed by atoms with E-state index in [-0.39, 0.29) is 5.56 Å². The second-order valence-electron chi connectivity index (χ2n) is 4.31. The van der Waals surface area contributed by atoms with Gasteiger partial charge in [-0.2, -0.15) is 13.2 Å². The third-order valence-corrected chi connectivity index (χ3v) is 2.73. The molecule has 0 aliphatic rings. The van der Waals surface area contributed by atoms with E-state index in [4.69, 9.17) is 0 Å². The standard InChI is InChI=1S/C14H8F6O2/c15-13(16,17)10-4-1-8(2-5-10)9-3-6-12(11(21)7-9)22-14(18,19)20/h1-7,21H. The van der Waals surface area contributed by atoms with Gasteiger partial charge in [0.2, 0.25) is 0 Å². The van der Waals surface area contributed by atoms with Crippen LogP contribution in [-0.2, 0) is 6.18 Å². The Morgan fingerprint density at radius 1 is 0.773 bits per heavy atom. The van der Waals surface area contributed by atoms with Crippen molar-refractivity contribution in [1.29, 1.82) is 0 Å². The van der Waals surface area contributed by atoms with Crippen LogP contribution in [0, 0.1) is 0 Å². The first-order chi connectivity index (χ1) is 10.1. The molecule has 8 heteroatoms. The molecule has 0 bridgehead atoms. The maximum absolute atomic E-state index is 12.4. The van der Waals surface area contributed by atoms with Crippen molar-refractivity contribution in [3.63, 3.8) is 0 Å². The van der Waals surface area contributed by atoms with E-state index in [0.717, 1.165) is 36.4 Å². The summed E-state index contributed by atoms with van der Waals surface area (Å²) in [5.41, 5.74) is -0.292. The molecule has 0 heterocycles. The zero-order valence-corrected chi connectivity index (χ0v) is 10.7. The van der Waals surface area contributed by atoms with E-state index in [1.165, 1.54) is 6.07 Å². The zero-order valence-electron chi connectivity index (χ0n) is 10.7. The van der Waals surface area contributed by atoms with Crippen molar-refractivity contribution in [3.05, 3.63) is 48.0 Å². The number of phenolic OH excluding ortho intramolecular Hbond substituents is 1. The quantitative estimate of drug-likeness (QED) is 0.791. The molecule has 0 unspecified atom stereocenters. The fourth-order valence-electron chi connectivity index (χ4n) is 1.76. The first-order valence-corrected chi connectivity index (χ1v) is 5.83. The van der Waals surface area contributed by atoms with E-state index in [0.29, 0.717) is 5.56 Å². The second-order valence-corrected chi connectivity index (χ2v) is 4.31. The largest absolute Gasteiger partial charge is 0.573 e. The third kappa shape index (κ3) is 3.84. The molecule has 0 saturated heterocycles. The number of halogens is 6. The van der Waals surface area contributed by atoms with Gasteiger partial charge in [-0.1, -0.05) is 18.2 Å². The van der Waals surface area contributed by atoms with E-state index >= 15 is 0 Å². The third-order valence-electron chi connectivity index (χ3n) is 2.73. The number of ether oxygens (including phenoxy) is 1. The van der Waals surface area contributed by atoms with Crippen molar-refractivity contribution in [1.82, 2.24) is 0 Å². The number of alkyl halides is 6. The number of hydrogen-bond donors (Lipinski definition) is 1. The van der Waals surface area contributed by atoms with Crippen molar-refractivity contribution in [2.75, 3.05) is 0 Å². The summed E-state index contributed by atoms with van der Waals surface area (Å²) in [6, 6.07) is 7.05. The van der Waals surface area contributed by atoms with Gasteiger partial charge in [0.25, 0.3) is 0 Å². The monoisotopic (exact) mass is 322 g/mol. The lowest BCUT2D eigenvalue weighted by atomic mass is 10.0. The Morgan fingerprint density at radius 3 is 1.77 bits per heavy atom. The fraction of sp³-hybridized carbons (Fsp3) is 0.143. The topological polar surface area (TPSA) is 29.5 Å². The second kappa shape index (κ2) is 5.43. The van der Waals surface area contributed by atoms with Gasteiger partial charge in [-0.25, -0.2) is 0 Å². The van der Waals surface area contributed by atoms with E-state index in [2.05, 4.69) is 4.74 Å². The number of benzene rings is 2. The van der Waals surface area contributed by atoms with Gasteiger partial charge in [0, 0.05) is 0 Å². The number of rotatable bonds is 2. The van der Waals surface area contributed by atoms with Crippen LogP contribution in [-0.4, -0.2) is 11.5 Å². The normalized spacial score (nSPS) is 12.3. The van der Waals surface area contributed by atoms with Gasteiger partial charge in [0.15, 0.2) is 11.5 Å². The van der Waals surface area contributed by atoms with Crippen LogP contribution < -0.4 is 4.74 Å². The van der Waals surface area contributed by atoms with Crippen molar-refractivity contribution >= 4 is 0 Å². The fourth-order valence-corrected chi connectivity index (χ4v) is 1.76. The highest BCUT2D eigenvalue weighted by atomic mass is 19.4. The first-order valence-electron chi connectivity index (χ1n) is 5.83. The summed E-state index contributed by atoms with van der Waals surface area (Å²) in [6.07, 6.45) is -9.43. The van der Waals surface area contributed by atoms with Crippen LogP contribution in [0.15, 0.2) is 42.5 Å². The number of phenols is 1. The van der Waals surface area contributed by atoms with Gasteiger partial charge in [0.1, 0.15) is 0 Å². The van der Waals surface area contributed by atoms with Gasteiger partial charge in [0.05, 0.1) is 5.56 Å². The molecule has 0 aromatic heterocycles. The molecule has 0 fully saturated rings. The molecule has 2 aromatic carbocycles. The Labute approximate surface area is 120 Å². The van der Waals surface area contributed by atoms with Crippen molar-refractivity contribution in [2.24, 2.45) is 0 Å². The van der Waals surface area contributed by atoms with Gasteiger partial charge in [-0.15, -0.1) is 13.2 Å². The Balaban J connectivity index is 2.29. The lowest BCUT2D eigenvalue weighted by Gasteiger charge is -2.12. The van der Waals surface area contributed by atoms with E-state index in [1.54, 1.807) is 0 Å². The summed E-state index contributed by atoms with van der Waals surface area (Å²) >= 11 is 0. The first kappa shape index (κ1) is 16.0. The maximum Gasteiger partial charge on any atom is 0.573 e. The van der Waals surface area contributed by atoms with Gasteiger partial charge >= 0.3 is 12.5 Å². The van der Waals surface area contributed by atoms with Crippen LogP contribution in [0.1, 0.15) is 5.56 Å². The van der Waals surface area contributed by atoms with Gasteiger partial charge in [-0.05, 0) is 35.4 Å². The molecule has 22 heavy (non-hydrogen) atoms. The molecule has 0 atom stereocenters. The highest BCUT2D eigenvalue weighted by Gasteiger charge is 2.32. The SMILES string of the molecule is Oc1cc(-c2ccc(C(F)(F)F)cc2)ccc1OC(F)(F)F. The molecule has 0 aliphatic carbocycles. The number of aromatic hydroxyl groups is 1. The molecular formula is C14H8F6O2. The van der Waals surface area contributed by atoms with Gasteiger partial charge < -0.3 is 9.84 Å². The van der Waals surface area contributed by atoms with Crippen LogP contribution in [0.3, 0.4) is 0 Å². The lowest BCUT2D eigenvalue weighted by Crippen LogP contribution is -2.17. The van der Waals surface area contributed by atoms with Crippen LogP contribution >= 0.6 is 0 Å². The molecule has 0 spiro atoms. The molecule has 118 valence electrons. The Bertz CT molecular complexity index is 659. The summed E-state index contributed by atoms with van der Waals surface area (Å²) in [5, 5.41) is 9.49. The highest BCUT2D eigenvalue weighted by molar-refractivity contribution is 5.67. The summed E-state index contributed by atoms with van der Waals surface area (Å²) in [4.78, 5) is 0. The summed E-state index contributed by atoms with van der Waals surface area (Å²) in [6.45, 7) is 0. The summed E-state index contributed by atoms with van der Waals surface area (Å²) in [5.74, 6) is -1.56.